The maximum absolute atomic E-state index is 15.0. The molecule has 0 unspecified atom stereocenters. The lowest BCUT2D eigenvalue weighted by molar-refractivity contribution is 0.0240. The van der Waals surface area contributed by atoms with Gasteiger partial charge in [-0.3, -0.25) is 4.79 Å². The molecule has 2 aliphatic heterocycles. The number of halogens is 2. The van der Waals surface area contributed by atoms with E-state index in [1.807, 2.05) is 39.5 Å². The van der Waals surface area contributed by atoms with Gasteiger partial charge in [0.05, 0.1) is 34.1 Å². The minimum absolute atomic E-state index is 0.0480. The number of carbonyl (C=O) groups is 2. The molecule has 230 valence electrons. The van der Waals surface area contributed by atoms with E-state index in [2.05, 4.69) is 4.90 Å². The van der Waals surface area contributed by atoms with E-state index >= 15 is 0 Å². The van der Waals surface area contributed by atoms with E-state index in [9.17, 15) is 14.0 Å². The van der Waals surface area contributed by atoms with E-state index in [1.165, 1.54) is 6.07 Å². The summed E-state index contributed by atoms with van der Waals surface area (Å²) in [5, 5.41) is 0.826. The van der Waals surface area contributed by atoms with Crippen molar-refractivity contribution in [1.29, 1.82) is 0 Å². The van der Waals surface area contributed by atoms with Gasteiger partial charge in [-0.05, 0) is 65.7 Å². The Labute approximate surface area is 256 Å². The molecule has 5 rings (SSSR count). The molecule has 2 saturated heterocycles. The molecule has 0 saturated carbocycles. The Morgan fingerprint density at radius 2 is 1.70 bits per heavy atom. The van der Waals surface area contributed by atoms with Crippen LogP contribution >= 0.6 is 11.6 Å². The lowest BCUT2D eigenvalue weighted by Crippen LogP contribution is -2.50. The van der Waals surface area contributed by atoms with Crippen molar-refractivity contribution in [2.24, 2.45) is 0 Å². The summed E-state index contributed by atoms with van der Waals surface area (Å²) in [4.78, 5) is 42.5. The topological polar surface area (TPSA) is 88.1 Å². The zero-order valence-electron chi connectivity index (χ0n) is 25.6. The number of hydrogen-bond donors (Lipinski definition) is 0. The van der Waals surface area contributed by atoms with E-state index in [0.29, 0.717) is 54.2 Å². The second-order valence-corrected chi connectivity index (χ2v) is 12.7. The fraction of sp³-hybridized carbons (Fsp3) is 0.500. The van der Waals surface area contributed by atoms with Crippen molar-refractivity contribution in [1.82, 2.24) is 19.8 Å². The predicted molar refractivity (Wildman–Crippen MR) is 165 cm³/mol. The molecule has 2 amide bonds. The quantitative estimate of drug-likeness (QED) is 0.334. The van der Waals surface area contributed by atoms with Crippen LogP contribution in [0.5, 0.6) is 0 Å². The fourth-order valence-electron chi connectivity index (χ4n) is 5.93. The van der Waals surface area contributed by atoms with Crippen LogP contribution in [0.25, 0.3) is 22.2 Å². The first-order valence-corrected chi connectivity index (χ1v) is 15.1. The maximum Gasteiger partial charge on any atom is 0.410 e. The number of hydrogen-bond acceptors (Lipinski definition) is 7. The predicted octanol–water partition coefficient (Wildman–Crippen LogP) is 6.31. The summed E-state index contributed by atoms with van der Waals surface area (Å²) in [6.07, 6.45) is 1.44. The maximum atomic E-state index is 15.0. The molecule has 11 heteroatoms. The lowest BCUT2D eigenvalue weighted by atomic mass is 10.0. The number of pyridine rings is 2. The fourth-order valence-corrected chi connectivity index (χ4v) is 6.18. The second-order valence-electron chi connectivity index (χ2n) is 12.3. The summed E-state index contributed by atoms with van der Waals surface area (Å²) < 4.78 is 26.1. The second kappa shape index (κ2) is 12.2. The number of likely N-dealkylation sites (tertiary alicyclic amines) is 1. The highest BCUT2D eigenvalue weighted by molar-refractivity contribution is 6.34. The van der Waals surface area contributed by atoms with Crippen molar-refractivity contribution >= 4 is 40.3 Å². The molecule has 2 fully saturated rings. The van der Waals surface area contributed by atoms with Gasteiger partial charge in [-0.25, -0.2) is 19.2 Å². The number of aromatic nitrogens is 2. The van der Waals surface area contributed by atoms with Gasteiger partial charge < -0.3 is 24.2 Å². The molecular weight excluding hydrogens is 573 g/mol. The third-order valence-corrected chi connectivity index (χ3v) is 8.31. The van der Waals surface area contributed by atoms with E-state index < -0.39 is 11.4 Å². The Bertz CT molecular complexity index is 1530. The summed E-state index contributed by atoms with van der Waals surface area (Å²) in [5.74, 6) is -0.0623. The minimum atomic E-state index is -0.591. The highest BCUT2D eigenvalue weighted by Gasteiger charge is 2.36. The van der Waals surface area contributed by atoms with E-state index in [0.717, 1.165) is 12.8 Å². The van der Waals surface area contributed by atoms with Gasteiger partial charge in [-0.1, -0.05) is 23.7 Å². The SMILES string of the molecule is COCc1nc(N2CCN(C(=O)OC(C)(C)C)CC2)c2cc(Cl)c(-c3ccccc3F)nc2c1C(=O)N1[C@@H](C)CC[C@@H]1C. The standard InChI is InChI=1S/C32H39ClFN5O4/c1-19-11-12-20(2)39(19)30(40)26-25(18-42-6)35-29(37-13-15-38(16-14-37)31(41)43-32(3,4)5)22-17-23(33)27(36-28(22)26)21-9-7-8-10-24(21)34/h7-10,17,19-20H,11-16,18H2,1-6H3/t19-,20-/m0/s1. The van der Waals surface area contributed by atoms with Crippen LogP contribution in [0.1, 0.15) is 63.5 Å². The number of piperazine rings is 1. The molecule has 2 aromatic heterocycles. The van der Waals surface area contributed by atoms with Gasteiger partial charge in [0.15, 0.2) is 0 Å². The summed E-state index contributed by atoms with van der Waals surface area (Å²) in [5.41, 5.74) is 1.08. The highest BCUT2D eigenvalue weighted by atomic mass is 35.5. The van der Waals surface area contributed by atoms with Crippen LogP contribution in [0.3, 0.4) is 0 Å². The molecular formula is C32H39ClFN5O4. The Morgan fingerprint density at radius 3 is 2.30 bits per heavy atom. The monoisotopic (exact) mass is 611 g/mol. The van der Waals surface area contributed by atoms with Crippen molar-refractivity contribution in [2.75, 3.05) is 38.2 Å². The first-order chi connectivity index (χ1) is 20.4. The molecule has 0 radical (unpaired) electrons. The van der Waals surface area contributed by atoms with Crippen LogP contribution < -0.4 is 4.90 Å². The summed E-state index contributed by atoms with van der Waals surface area (Å²) >= 11 is 6.79. The number of ether oxygens (including phenoxy) is 2. The number of carbonyl (C=O) groups excluding carboxylic acids is 2. The Balaban J connectivity index is 1.65. The molecule has 2 atom stereocenters. The van der Waals surface area contributed by atoms with Crippen LogP contribution in [-0.4, -0.2) is 82.7 Å². The van der Waals surface area contributed by atoms with Crippen molar-refractivity contribution in [3.63, 3.8) is 0 Å². The molecule has 0 spiro atoms. The first-order valence-electron chi connectivity index (χ1n) is 14.7. The third-order valence-electron chi connectivity index (χ3n) is 8.02. The van der Waals surface area contributed by atoms with Crippen molar-refractivity contribution in [2.45, 2.75) is 71.8 Å². The van der Waals surface area contributed by atoms with E-state index in [4.69, 9.17) is 31.0 Å². The van der Waals surface area contributed by atoms with E-state index in [1.54, 1.807) is 36.3 Å². The normalized spacial score (nSPS) is 19.3. The minimum Gasteiger partial charge on any atom is -0.444 e. The molecule has 1 aromatic carbocycles. The molecule has 4 heterocycles. The van der Waals surface area contributed by atoms with Gasteiger partial charge in [0.25, 0.3) is 5.91 Å². The van der Waals surface area contributed by atoms with Gasteiger partial charge >= 0.3 is 6.09 Å². The number of anilines is 1. The number of methoxy groups -OCH3 is 1. The lowest BCUT2D eigenvalue weighted by Gasteiger charge is -2.37. The highest BCUT2D eigenvalue weighted by Crippen LogP contribution is 2.38. The van der Waals surface area contributed by atoms with Crippen molar-refractivity contribution in [3.05, 3.63) is 52.4 Å². The molecule has 0 bridgehead atoms. The third kappa shape index (κ3) is 6.26. The number of amides is 2. The van der Waals surface area contributed by atoms with Gasteiger partial charge in [-0.2, -0.15) is 0 Å². The molecule has 3 aromatic rings. The first kappa shape index (κ1) is 30.9. The average molecular weight is 612 g/mol. The smallest absolute Gasteiger partial charge is 0.410 e. The zero-order valence-corrected chi connectivity index (χ0v) is 26.4. The Morgan fingerprint density at radius 1 is 1.05 bits per heavy atom. The van der Waals surface area contributed by atoms with Crippen LogP contribution in [-0.2, 0) is 16.1 Å². The summed E-state index contributed by atoms with van der Waals surface area (Å²) in [7, 11) is 1.56. The van der Waals surface area contributed by atoms with Crippen molar-refractivity contribution in [3.8, 4) is 11.3 Å². The van der Waals surface area contributed by atoms with E-state index in [-0.39, 0.29) is 47.0 Å². The molecule has 0 aliphatic carbocycles. The van der Waals surface area contributed by atoms with Gasteiger partial charge in [0, 0.05) is 56.3 Å². The average Bonchev–Trinajstić information content (AvgIpc) is 3.29. The van der Waals surface area contributed by atoms with Gasteiger partial charge in [0.1, 0.15) is 17.2 Å². The van der Waals surface area contributed by atoms with Gasteiger partial charge in [0.2, 0.25) is 0 Å². The summed E-state index contributed by atoms with van der Waals surface area (Å²) in [6.45, 7) is 11.5. The molecule has 0 N–H and O–H groups in total. The van der Waals surface area contributed by atoms with Crippen LogP contribution in [0, 0.1) is 5.82 Å². The zero-order chi connectivity index (χ0) is 31.1. The Hall–Kier alpha value is -3.50. The molecule has 2 aliphatic rings. The van der Waals surface area contributed by atoms with Crippen LogP contribution in [0.15, 0.2) is 30.3 Å². The molecule has 9 nitrogen and oxygen atoms in total. The van der Waals surface area contributed by atoms with Crippen LogP contribution in [0.2, 0.25) is 5.02 Å². The number of fused-ring (bicyclic) bond motifs is 1. The van der Waals surface area contributed by atoms with Crippen molar-refractivity contribution < 1.29 is 23.5 Å². The molecule has 43 heavy (non-hydrogen) atoms. The number of nitrogens with zero attached hydrogens (tertiary/aromatic N) is 5. The largest absolute Gasteiger partial charge is 0.444 e. The number of rotatable bonds is 5. The summed E-state index contributed by atoms with van der Waals surface area (Å²) in [6, 6.07) is 8.12. The number of benzene rings is 1. The van der Waals surface area contributed by atoms with Gasteiger partial charge in [-0.15, -0.1) is 0 Å². The van der Waals surface area contributed by atoms with Crippen LogP contribution in [0.4, 0.5) is 15.0 Å². The Kier molecular flexibility index (Phi) is 8.81.